The summed E-state index contributed by atoms with van der Waals surface area (Å²) >= 11 is 3.36. The van der Waals surface area contributed by atoms with Crippen LogP contribution in [-0.2, 0) is 4.57 Å². The van der Waals surface area contributed by atoms with Crippen molar-refractivity contribution in [3.63, 3.8) is 0 Å². The van der Waals surface area contributed by atoms with Crippen LogP contribution in [0.4, 0.5) is 0 Å². The highest BCUT2D eigenvalue weighted by Gasteiger charge is 2.33. The maximum Gasteiger partial charge on any atom is 0.647 e. The Labute approximate surface area is 148 Å². The minimum Gasteiger partial charge on any atom is -0.386 e. The van der Waals surface area contributed by atoms with Crippen molar-refractivity contribution in [1.29, 1.82) is 0 Å². The molecule has 0 aliphatic heterocycles. The van der Waals surface area contributed by atoms with Crippen LogP contribution in [-0.4, -0.2) is 0 Å². The first-order valence-corrected chi connectivity index (χ1v) is 9.43. The van der Waals surface area contributed by atoms with Gasteiger partial charge >= 0.3 is 7.82 Å². The van der Waals surface area contributed by atoms with Crippen molar-refractivity contribution in [3.8, 4) is 17.2 Å². The van der Waals surface area contributed by atoms with Crippen LogP contribution in [0.15, 0.2) is 89.4 Å². The summed E-state index contributed by atoms with van der Waals surface area (Å²) in [5.74, 6) is 1.15. The molecule has 0 saturated carbocycles. The second-order valence-corrected chi connectivity index (χ2v) is 7.07. The topological polar surface area (TPSA) is 44.8 Å². The summed E-state index contributed by atoms with van der Waals surface area (Å²) in [5.41, 5.74) is 0. The second kappa shape index (κ2) is 7.56. The zero-order chi connectivity index (χ0) is 16.8. The van der Waals surface area contributed by atoms with Crippen LogP contribution in [0.2, 0.25) is 0 Å². The second-order valence-electron chi connectivity index (χ2n) is 4.78. The monoisotopic (exact) mass is 404 g/mol. The SMILES string of the molecule is O=P(Oc1ccccc1)(Oc1ccccc1)Oc1ccccc1Br. The quantitative estimate of drug-likeness (QED) is 0.466. The van der Waals surface area contributed by atoms with E-state index in [0.29, 0.717) is 21.7 Å². The lowest BCUT2D eigenvalue weighted by molar-refractivity contribution is 0.298. The first-order valence-electron chi connectivity index (χ1n) is 7.18. The van der Waals surface area contributed by atoms with E-state index in [9.17, 15) is 4.57 Å². The number of para-hydroxylation sites is 3. The average molecular weight is 405 g/mol. The standard InChI is InChI=1S/C18H14BrO4P/c19-17-13-7-8-14-18(17)23-24(20,21-15-9-3-1-4-10-15)22-16-11-5-2-6-12-16/h1-14H. The summed E-state index contributed by atoms with van der Waals surface area (Å²) in [7, 11) is -3.94. The molecule has 0 aliphatic carbocycles. The van der Waals surface area contributed by atoms with E-state index in [1.807, 2.05) is 18.2 Å². The smallest absolute Gasteiger partial charge is 0.386 e. The van der Waals surface area contributed by atoms with Gasteiger partial charge in [-0.05, 0) is 52.3 Å². The molecule has 0 amide bonds. The molecular formula is C18H14BrO4P. The third-order valence-electron chi connectivity index (χ3n) is 2.97. The maximum atomic E-state index is 13.2. The van der Waals surface area contributed by atoms with Gasteiger partial charge in [0.05, 0.1) is 4.47 Å². The predicted octanol–water partition coefficient (Wildman–Crippen LogP) is 6.09. The molecule has 0 N–H and O–H groups in total. The Kier molecular flexibility index (Phi) is 5.24. The number of halogens is 1. The van der Waals surface area contributed by atoms with E-state index in [4.69, 9.17) is 13.6 Å². The van der Waals surface area contributed by atoms with Gasteiger partial charge in [-0.3, -0.25) is 0 Å². The van der Waals surface area contributed by atoms with Gasteiger partial charge < -0.3 is 13.6 Å². The van der Waals surface area contributed by atoms with Crippen molar-refractivity contribution in [2.75, 3.05) is 0 Å². The molecule has 0 radical (unpaired) electrons. The lowest BCUT2D eigenvalue weighted by Crippen LogP contribution is -2.07. The van der Waals surface area contributed by atoms with E-state index in [-0.39, 0.29) is 0 Å². The van der Waals surface area contributed by atoms with Crippen LogP contribution in [0, 0.1) is 0 Å². The number of benzene rings is 3. The Morgan fingerprint density at radius 3 is 1.58 bits per heavy atom. The fraction of sp³-hybridized carbons (Fsp3) is 0. The lowest BCUT2D eigenvalue weighted by Gasteiger charge is -2.19. The molecule has 0 fully saturated rings. The van der Waals surface area contributed by atoms with Crippen LogP contribution >= 0.6 is 23.8 Å². The molecule has 4 nitrogen and oxygen atoms in total. The van der Waals surface area contributed by atoms with Gasteiger partial charge in [0.1, 0.15) is 17.2 Å². The highest BCUT2D eigenvalue weighted by molar-refractivity contribution is 9.10. The summed E-state index contributed by atoms with van der Waals surface area (Å²) in [6.45, 7) is 0. The summed E-state index contributed by atoms with van der Waals surface area (Å²) in [5, 5.41) is 0. The first kappa shape index (κ1) is 16.6. The lowest BCUT2D eigenvalue weighted by atomic mass is 10.3. The number of hydrogen-bond donors (Lipinski definition) is 0. The van der Waals surface area contributed by atoms with Crippen molar-refractivity contribution in [1.82, 2.24) is 0 Å². The molecule has 0 spiro atoms. The number of hydrogen-bond acceptors (Lipinski definition) is 4. The number of phosphoric acid groups is 1. The van der Waals surface area contributed by atoms with Crippen LogP contribution in [0.1, 0.15) is 0 Å². The predicted molar refractivity (Wildman–Crippen MR) is 96.5 cm³/mol. The Balaban J connectivity index is 1.91. The Morgan fingerprint density at radius 2 is 1.08 bits per heavy atom. The Bertz CT molecular complexity index is 794. The van der Waals surface area contributed by atoms with E-state index < -0.39 is 7.82 Å². The number of phosphoric ester groups is 1. The fourth-order valence-corrected chi connectivity index (χ4v) is 3.68. The fourth-order valence-electron chi connectivity index (χ4n) is 1.92. The number of rotatable bonds is 6. The van der Waals surface area contributed by atoms with E-state index in [1.165, 1.54) is 0 Å². The summed E-state index contributed by atoms with van der Waals surface area (Å²) in [4.78, 5) is 0. The van der Waals surface area contributed by atoms with Gasteiger partial charge in [0, 0.05) is 0 Å². The molecule has 122 valence electrons. The van der Waals surface area contributed by atoms with E-state index in [2.05, 4.69) is 15.9 Å². The van der Waals surface area contributed by atoms with Gasteiger partial charge in [-0.2, -0.15) is 4.57 Å². The molecular weight excluding hydrogens is 391 g/mol. The highest BCUT2D eigenvalue weighted by Crippen LogP contribution is 2.50. The van der Waals surface area contributed by atoms with Crippen molar-refractivity contribution < 1.29 is 18.1 Å². The van der Waals surface area contributed by atoms with Crippen molar-refractivity contribution in [2.45, 2.75) is 0 Å². The molecule has 6 heteroatoms. The third-order valence-corrected chi connectivity index (χ3v) is 4.91. The van der Waals surface area contributed by atoms with Crippen molar-refractivity contribution in [3.05, 3.63) is 89.4 Å². The minimum atomic E-state index is -3.94. The van der Waals surface area contributed by atoms with Gasteiger partial charge in [0.25, 0.3) is 0 Å². The maximum absolute atomic E-state index is 13.2. The largest absolute Gasteiger partial charge is 0.647 e. The van der Waals surface area contributed by atoms with Crippen molar-refractivity contribution >= 4 is 23.8 Å². The molecule has 3 aromatic rings. The molecule has 0 bridgehead atoms. The van der Waals surface area contributed by atoms with Gasteiger partial charge in [-0.1, -0.05) is 48.5 Å². The average Bonchev–Trinajstić information content (AvgIpc) is 2.58. The molecule has 0 aromatic heterocycles. The molecule has 0 aliphatic rings. The zero-order valence-electron chi connectivity index (χ0n) is 12.5. The molecule has 3 rings (SSSR count). The first-order chi connectivity index (χ1) is 11.6. The summed E-state index contributed by atoms with van der Waals surface area (Å²) in [6.07, 6.45) is 0. The zero-order valence-corrected chi connectivity index (χ0v) is 15.0. The molecule has 0 saturated heterocycles. The van der Waals surface area contributed by atoms with E-state index in [0.717, 1.165) is 0 Å². The van der Waals surface area contributed by atoms with Gasteiger partial charge in [0.2, 0.25) is 0 Å². The van der Waals surface area contributed by atoms with Crippen LogP contribution in [0.25, 0.3) is 0 Å². The summed E-state index contributed by atoms with van der Waals surface area (Å²) < 4.78 is 30.6. The Morgan fingerprint density at radius 1 is 0.625 bits per heavy atom. The van der Waals surface area contributed by atoms with Gasteiger partial charge in [0.15, 0.2) is 0 Å². The van der Waals surface area contributed by atoms with Crippen LogP contribution < -0.4 is 13.6 Å². The third kappa shape index (κ3) is 4.40. The van der Waals surface area contributed by atoms with E-state index >= 15 is 0 Å². The van der Waals surface area contributed by atoms with Crippen molar-refractivity contribution in [2.24, 2.45) is 0 Å². The molecule has 3 aromatic carbocycles. The molecule has 24 heavy (non-hydrogen) atoms. The highest BCUT2D eigenvalue weighted by atomic mass is 79.9. The Hall–Kier alpha value is -2.23. The summed E-state index contributed by atoms with van der Waals surface area (Å²) in [6, 6.07) is 24.6. The van der Waals surface area contributed by atoms with E-state index in [1.54, 1.807) is 66.7 Å². The normalized spacial score (nSPS) is 10.9. The van der Waals surface area contributed by atoms with Gasteiger partial charge in [-0.15, -0.1) is 0 Å². The molecule has 0 atom stereocenters. The molecule has 0 heterocycles. The minimum absolute atomic E-state index is 0.368. The molecule has 0 unspecified atom stereocenters. The van der Waals surface area contributed by atoms with Crippen LogP contribution in [0.5, 0.6) is 17.2 Å². The van der Waals surface area contributed by atoms with Crippen LogP contribution in [0.3, 0.4) is 0 Å². The van der Waals surface area contributed by atoms with Gasteiger partial charge in [-0.25, -0.2) is 0 Å².